The maximum Gasteiger partial charge on any atom is 0.408 e. The molecule has 0 aromatic heterocycles. The van der Waals surface area contributed by atoms with Crippen LogP contribution in [-0.2, 0) is 14.3 Å². The Morgan fingerprint density at radius 2 is 1.62 bits per heavy atom. The minimum atomic E-state index is -0.798. The lowest BCUT2D eigenvalue weighted by Crippen LogP contribution is -2.53. The molecule has 0 aliphatic rings. The van der Waals surface area contributed by atoms with Gasteiger partial charge in [0.1, 0.15) is 17.7 Å². The lowest BCUT2D eigenvalue weighted by molar-refractivity contribution is -0.142. The SMILES string of the molecule is CCCCCNC(=O)C(c1ccc(C)c(C)c1)N(CCCC)C(=O)C(CC(C)C)NC(=O)OC(C)(C)C. The fourth-order valence-electron chi connectivity index (χ4n) is 4.13. The molecule has 0 heterocycles. The molecule has 2 unspecified atom stereocenters. The van der Waals surface area contributed by atoms with E-state index in [2.05, 4.69) is 24.5 Å². The van der Waals surface area contributed by atoms with Crippen molar-refractivity contribution in [3.8, 4) is 0 Å². The second-order valence-corrected chi connectivity index (χ2v) is 11.5. The van der Waals surface area contributed by atoms with E-state index in [1.807, 2.05) is 45.9 Å². The average molecular weight is 518 g/mol. The molecule has 0 aliphatic heterocycles. The van der Waals surface area contributed by atoms with Gasteiger partial charge in [0.15, 0.2) is 0 Å². The van der Waals surface area contributed by atoms with E-state index in [9.17, 15) is 14.4 Å². The first-order valence-corrected chi connectivity index (χ1v) is 14.0. The molecule has 1 aromatic carbocycles. The predicted molar refractivity (Wildman–Crippen MR) is 150 cm³/mol. The molecule has 2 atom stereocenters. The van der Waals surface area contributed by atoms with Gasteiger partial charge in [-0.05, 0) is 76.5 Å². The number of hydrogen-bond acceptors (Lipinski definition) is 4. The van der Waals surface area contributed by atoms with Crippen LogP contribution < -0.4 is 10.6 Å². The van der Waals surface area contributed by atoms with E-state index in [1.54, 1.807) is 25.7 Å². The Labute approximate surface area is 225 Å². The zero-order valence-electron chi connectivity index (χ0n) is 24.7. The van der Waals surface area contributed by atoms with Gasteiger partial charge in [-0.2, -0.15) is 0 Å². The number of benzene rings is 1. The van der Waals surface area contributed by atoms with Crippen LogP contribution in [-0.4, -0.2) is 47.5 Å². The summed E-state index contributed by atoms with van der Waals surface area (Å²) in [5, 5.41) is 5.87. The molecule has 0 fully saturated rings. The summed E-state index contributed by atoms with van der Waals surface area (Å²) in [4.78, 5) is 42.1. The quantitative estimate of drug-likeness (QED) is 0.287. The number of rotatable bonds is 14. The lowest BCUT2D eigenvalue weighted by Gasteiger charge is -2.35. The smallest absolute Gasteiger partial charge is 0.408 e. The zero-order chi connectivity index (χ0) is 28.2. The van der Waals surface area contributed by atoms with E-state index >= 15 is 0 Å². The summed E-state index contributed by atoms with van der Waals surface area (Å²) in [6.45, 7) is 18.6. The standard InChI is InChI=1S/C30H51N3O4/c1-10-12-14-17-31-27(34)26(24-16-15-22(5)23(6)20-24)33(18-13-11-2)28(35)25(19-21(3)4)32-29(36)37-30(7,8)9/h15-16,20-21,25-26H,10-14,17-19H2,1-9H3,(H,31,34)(H,32,36). The fraction of sp³-hybridized carbons (Fsp3) is 0.700. The Balaban J connectivity index is 3.45. The second kappa shape index (κ2) is 15.6. The Bertz CT molecular complexity index is 876. The van der Waals surface area contributed by atoms with E-state index < -0.39 is 23.8 Å². The van der Waals surface area contributed by atoms with Crippen LogP contribution in [0.1, 0.15) is 110 Å². The summed E-state index contributed by atoms with van der Waals surface area (Å²) in [5.41, 5.74) is 2.29. The highest BCUT2D eigenvalue weighted by Gasteiger charge is 2.36. The average Bonchev–Trinajstić information content (AvgIpc) is 2.79. The van der Waals surface area contributed by atoms with Crippen molar-refractivity contribution < 1.29 is 19.1 Å². The van der Waals surface area contributed by atoms with Gasteiger partial charge in [0, 0.05) is 13.1 Å². The maximum absolute atomic E-state index is 14.1. The molecule has 7 nitrogen and oxygen atoms in total. The number of carbonyl (C=O) groups is 3. The second-order valence-electron chi connectivity index (χ2n) is 11.5. The Hall–Kier alpha value is -2.57. The number of carbonyl (C=O) groups excluding carboxylic acids is 3. The first kappa shape index (κ1) is 32.5. The van der Waals surface area contributed by atoms with Crippen molar-refractivity contribution in [1.82, 2.24) is 15.5 Å². The molecule has 3 amide bonds. The molecule has 0 spiro atoms. The van der Waals surface area contributed by atoms with Crippen molar-refractivity contribution >= 4 is 17.9 Å². The Morgan fingerprint density at radius 3 is 2.16 bits per heavy atom. The van der Waals surface area contributed by atoms with Crippen LogP contribution in [0, 0.1) is 19.8 Å². The number of nitrogens with zero attached hydrogens (tertiary/aromatic N) is 1. The number of nitrogens with one attached hydrogen (secondary N) is 2. The summed E-state index contributed by atoms with van der Waals surface area (Å²) < 4.78 is 5.46. The molecule has 1 aromatic rings. The van der Waals surface area contributed by atoms with Crippen molar-refractivity contribution in [2.45, 2.75) is 119 Å². The van der Waals surface area contributed by atoms with Gasteiger partial charge in [0.2, 0.25) is 11.8 Å². The van der Waals surface area contributed by atoms with Gasteiger partial charge in [-0.15, -0.1) is 0 Å². The molecular weight excluding hydrogens is 466 g/mol. The molecule has 0 saturated carbocycles. The molecule has 210 valence electrons. The Kier molecular flexibility index (Phi) is 13.7. The van der Waals surface area contributed by atoms with E-state index in [-0.39, 0.29) is 17.7 Å². The van der Waals surface area contributed by atoms with Crippen molar-refractivity contribution in [1.29, 1.82) is 0 Å². The van der Waals surface area contributed by atoms with E-state index in [1.165, 1.54) is 0 Å². The predicted octanol–water partition coefficient (Wildman–Crippen LogP) is 6.22. The first-order valence-electron chi connectivity index (χ1n) is 14.0. The molecule has 0 aliphatic carbocycles. The molecule has 1 rings (SSSR count). The molecule has 37 heavy (non-hydrogen) atoms. The van der Waals surface area contributed by atoms with Gasteiger partial charge >= 0.3 is 6.09 Å². The molecule has 7 heteroatoms. The Morgan fingerprint density at radius 1 is 0.973 bits per heavy atom. The van der Waals surface area contributed by atoms with E-state index in [0.717, 1.165) is 48.8 Å². The summed E-state index contributed by atoms with van der Waals surface area (Å²) in [6.07, 6.45) is 4.41. The van der Waals surface area contributed by atoms with E-state index in [0.29, 0.717) is 19.5 Å². The minimum Gasteiger partial charge on any atom is -0.444 e. The van der Waals surface area contributed by atoms with Crippen LogP contribution in [0.4, 0.5) is 4.79 Å². The third-order valence-corrected chi connectivity index (χ3v) is 6.22. The number of ether oxygens (including phenoxy) is 1. The monoisotopic (exact) mass is 517 g/mol. The largest absolute Gasteiger partial charge is 0.444 e. The molecule has 0 saturated heterocycles. The fourth-order valence-corrected chi connectivity index (χ4v) is 4.13. The van der Waals surface area contributed by atoms with Gasteiger partial charge in [0.05, 0.1) is 0 Å². The van der Waals surface area contributed by atoms with Crippen molar-refractivity contribution in [3.05, 3.63) is 34.9 Å². The van der Waals surface area contributed by atoms with Gasteiger partial charge in [0.25, 0.3) is 0 Å². The van der Waals surface area contributed by atoms with Crippen LogP contribution in [0.25, 0.3) is 0 Å². The van der Waals surface area contributed by atoms with Crippen LogP contribution in [0.5, 0.6) is 0 Å². The molecule has 0 bridgehead atoms. The first-order chi connectivity index (χ1) is 17.3. The molecule has 0 radical (unpaired) electrons. The van der Waals surface area contributed by atoms with E-state index in [4.69, 9.17) is 4.74 Å². The van der Waals surface area contributed by atoms with Gasteiger partial charge in [-0.3, -0.25) is 9.59 Å². The number of unbranched alkanes of at least 4 members (excludes halogenated alkanes) is 3. The van der Waals surface area contributed by atoms with Crippen LogP contribution in [0.2, 0.25) is 0 Å². The van der Waals surface area contributed by atoms with Crippen LogP contribution in [0.3, 0.4) is 0 Å². The van der Waals surface area contributed by atoms with Gasteiger partial charge < -0.3 is 20.3 Å². The van der Waals surface area contributed by atoms with Crippen molar-refractivity contribution in [2.24, 2.45) is 5.92 Å². The summed E-state index contributed by atoms with van der Waals surface area (Å²) >= 11 is 0. The zero-order valence-corrected chi connectivity index (χ0v) is 24.7. The van der Waals surface area contributed by atoms with Crippen LogP contribution in [0.15, 0.2) is 18.2 Å². The highest BCUT2D eigenvalue weighted by molar-refractivity contribution is 5.92. The normalized spacial score (nSPS) is 13.1. The number of amides is 3. The third kappa shape index (κ3) is 11.6. The molecular formula is C30H51N3O4. The maximum atomic E-state index is 14.1. The van der Waals surface area contributed by atoms with Gasteiger partial charge in [-0.1, -0.05) is 65.2 Å². The summed E-state index contributed by atoms with van der Waals surface area (Å²) in [5.74, 6) is -0.302. The van der Waals surface area contributed by atoms with Crippen molar-refractivity contribution in [3.63, 3.8) is 0 Å². The third-order valence-electron chi connectivity index (χ3n) is 6.22. The topological polar surface area (TPSA) is 87.7 Å². The van der Waals surface area contributed by atoms with Crippen LogP contribution >= 0.6 is 0 Å². The summed E-state index contributed by atoms with van der Waals surface area (Å²) in [6, 6.07) is 4.35. The minimum absolute atomic E-state index is 0.153. The number of alkyl carbamates (subject to hydrolysis) is 1. The highest BCUT2D eigenvalue weighted by atomic mass is 16.6. The van der Waals surface area contributed by atoms with Gasteiger partial charge in [-0.25, -0.2) is 4.79 Å². The number of aryl methyl sites for hydroxylation is 2. The number of hydrogen-bond donors (Lipinski definition) is 2. The highest BCUT2D eigenvalue weighted by Crippen LogP contribution is 2.26. The summed E-state index contributed by atoms with van der Waals surface area (Å²) in [7, 11) is 0. The molecule has 2 N–H and O–H groups in total. The lowest BCUT2D eigenvalue weighted by atomic mass is 9.96. The van der Waals surface area contributed by atoms with Crippen molar-refractivity contribution in [2.75, 3.05) is 13.1 Å².